The van der Waals surface area contributed by atoms with Crippen molar-refractivity contribution in [2.24, 2.45) is 12.0 Å². The van der Waals surface area contributed by atoms with Gasteiger partial charge in [-0.05, 0) is 23.8 Å². The maximum atomic E-state index is 10.3. The van der Waals surface area contributed by atoms with Crippen LogP contribution >= 0.6 is 23.2 Å². The van der Waals surface area contributed by atoms with Crippen molar-refractivity contribution in [3.05, 3.63) is 57.8 Å². The zero-order valence-corrected chi connectivity index (χ0v) is 15.5. The van der Waals surface area contributed by atoms with Gasteiger partial charge in [0.25, 0.3) is 0 Å². The molecule has 24 heavy (non-hydrogen) atoms. The van der Waals surface area contributed by atoms with Crippen LogP contribution in [0.15, 0.2) is 41.5 Å². The predicted molar refractivity (Wildman–Crippen MR) is 99.7 cm³/mol. The minimum Gasteiger partial charge on any atom is -0.387 e. The second-order valence-electron chi connectivity index (χ2n) is 5.61. The lowest BCUT2D eigenvalue weighted by atomic mass is 10.1. The summed E-state index contributed by atoms with van der Waals surface area (Å²) in [6, 6.07) is 9.08. The number of aliphatic imine (C=N–C) groups is 1. The number of hydrogen-bond donors (Lipinski definition) is 2. The number of aliphatic hydroxyl groups excluding tert-OH is 1. The molecule has 7 heteroatoms. The van der Waals surface area contributed by atoms with Crippen LogP contribution in [0.1, 0.15) is 17.4 Å². The molecule has 0 bridgehead atoms. The molecule has 2 aromatic rings. The molecule has 2 rings (SSSR count). The number of aliphatic hydroxyl groups is 1. The van der Waals surface area contributed by atoms with Gasteiger partial charge in [-0.3, -0.25) is 4.99 Å². The van der Waals surface area contributed by atoms with Crippen LogP contribution in [-0.2, 0) is 13.6 Å². The molecule has 0 saturated heterocycles. The molecule has 1 aromatic heterocycles. The van der Waals surface area contributed by atoms with Crippen LogP contribution in [0.5, 0.6) is 0 Å². The maximum Gasteiger partial charge on any atom is 0.193 e. The minimum atomic E-state index is -0.642. The predicted octanol–water partition coefficient (Wildman–Crippen LogP) is 3.07. The molecule has 0 saturated carbocycles. The number of nitrogens with zero attached hydrogens (tertiary/aromatic N) is 3. The average Bonchev–Trinajstić information content (AvgIpc) is 2.85. The van der Waals surface area contributed by atoms with Crippen molar-refractivity contribution in [1.82, 2.24) is 14.8 Å². The van der Waals surface area contributed by atoms with Crippen molar-refractivity contribution < 1.29 is 5.11 Å². The van der Waals surface area contributed by atoms with Crippen LogP contribution in [0.2, 0.25) is 10.0 Å². The molecule has 0 fully saturated rings. The third-order valence-corrected chi connectivity index (χ3v) is 4.21. The van der Waals surface area contributed by atoms with Gasteiger partial charge in [0.2, 0.25) is 0 Å². The SMILES string of the molecule is CN=C(NCC(O)c1ccc(Cl)cc1)N(C)Cc1cc(Cl)cn1C. The fourth-order valence-electron chi connectivity index (χ4n) is 2.42. The molecule has 0 aliphatic carbocycles. The van der Waals surface area contributed by atoms with Crippen molar-refractivity contribution in [2.75, 3.05) is 20.6 Å². The van der Waals surface area contributed by atoms with E-state index in [-0.39, 0.29) is 0 Å². The Morgan fingerprint density at radius 3 is 2.50 bits per heavy atom. The smallest absolute Gasteiger partial charge is 0.193 e. The van der Waals surface area contributed by atoms with Gasteiger partial charge in [-0.25, -0.2) is 0 Å². The monoisotopic (exact) mass is 368 g/mol. The van der Waals surface area contributed by atoms with Gasteiger partial charge in [-0.2, -0.15) is 0 Å². The summed E-state index contributed by atoms with van der Waals surface area (Å²) in [6.07, 6.45) is 1.22. The molecule has 0 aliphatic rings. The molecule has 2 N–H and O–H groups in total. The molecule has 130 valence electrons. The number of nitrogens with one attached hydrogen (secondary N) is 1. The summed E-state index contributed by atoms with van der Waals surface area (Å²) in [5.41, 5.74) is 1.88. The Balaban J connectivity index is 1.94. The number of halogens is 2. The Bertz CT molecular complexity index is 697. The van der Waals surface area contributed by atoms with Gasteiger partial charge in [0.1, 0.15) is 0 Å². The number of aromatic nitrogens is 1. The molecule has 0 amide bonds. The van der Waals surface area contributed by atoms with E-state index in [1.807, 2.05) is 48.0 Å². The zero-order valence-electron chi connectivity index (χ0n) is 14.0. The fourth-order valence-corrected chi connectivity index (χ4v) is 2.82. The van der Waals surface area contributed by atoms with Gasteiger partial charge >= 0.3 is 0 Å². The lowest BCUT2D eigenvalue weighted by Crippen LogP contribution is -2.40. The van der Waals surface area contributed by atoms with Crippen molar-refractivity contribution in [3.8, 4) is 0 Å². The van der Waals surface area contributed by atoms with Crippen LogP contribution < -0.4 is 5.32 Å². The zero-order chi connectivity index (χ0) is 17.7. The van der Waals surface area contributed by atoms with E-state index in [1.165, 1.54) is 0 Å². The van der Waals surface area contributed by atoms with Crippen molar-refractivity contribution in [3.63, 3.8) is 0 Å². The normalized spacial score (nSPS) is 13.0. The van der Waals surface area contributed by atoms with Crippen molar-refractivity contribution in [1.29, 1.82) is 0 Å². The maximum absolute atomic E-state index is 10.3. The lowest BCUT2D eigenvalue weighted by molar-refractivity contribution is 0.179. The molecule has 1 aromatic carbocycles. The van der Waals surface area contributed by atoms with Crippen LogP contribution in [0, 0.1) is 0 Å². The van der Waals surface area contributed by atoms with Crippen molar-refractivity contribution >= 4 is 29.2 Å². The highest BCUT2D eigenvalue weighted by atomic mass is 35.5. The highest BCUT2D eigenvalue weighted by Crippen LogP contribution is 2.16. The molecule has 1 atom stereocenters. The molecular formula is C17H22Cl2N4O. The Morgan fingerprint density at radius 2 is 1.96 bits per heavy atom. The number of benzene rings is 1. The highest BCUT2D eigenvalue weighted by molar-refractivity contribution is 6.30. The molecule has 0 aliphatic heterocycles. The summed E-state index contributed by atoms with van der Waals surface area (Å²) >= 11 is 11.9. The van der Waals surface area contributed by atoms with Gasteiger partial charge in [0.15, 0.2) is 5.96 Å². The largest absolute Gasteiger partial charge is 0.387 e. The fraction of sp³-hybridized carbons (Fsp3) is 0.353. The Kier molecular flexibility index (Phi) is 6.54. The first-order valence-electron chi connectivity index (χ1n) is 7.56. The first kappa shape index (κ1) is 18.6. The summed E-state index contributed by atoms with van der Waals surface area (Å²) in [6.45, 7) is 1.01. The molecule has 5 nitrogen and oxygen atoms in total. The number of aryl methyl sites for hydroxylation is 1. The first-order chi connectivity index (χ1) is 11.4. The van der Waals surface area contributed by atoms with Crippen molar-refractivity contribution in [2.45, 2.75) is 12.6 Å². The summed E-state index contributed by atoms with van der Waals surface area (Å²) in [7, 11) is 5.60. The van der Waals surface area contributed by atoms with E-state index >= 15 is 0 Å². The number of rotatable bonds is 5. The lowest BCUT2D eigenvalue weighted by Gasteiger charge is -2.23. The van der Waals surface area contributed by atoms with E-state index in [2.05, 4.69) is 10.3 Å². The van der Waals surface area contributed by atoms with Gasteiger partial charge in [-0.15, -0.1) is 0 Å². The van der Waals surface area contributed by atoms with Gasteiger partial charge < -0.3 is 19.9 Å². The minimum absolute atomic E-state index is 0.354. The molecule has 0 spiro atoms. The van der Waals surface area contributed by atoms with Crippen LogP contribution in [0.4, 0.5) is 0 Å². The van der Waals surface area contributed by atoms with Crippen LogP contribution in [-0.4, -0.2) is 41.2 Å². The van der Waals surface area contributed by atoms with Crippen LogP contribution in [0.3, 0.4) is 0 Å². The Labute approximate surface area is 152 Å². The molecule has 1 unspecified atom stereocenters. The quantitative estimate of drug-likeness (QED) is 0.629. The van der Waals surface area contributed by atoms with E-state index < -0.39 is 6.10 Å². The van der Waals surface area contributed by atoms with Crippen LogP contribution in [0.25, 0.3) is 0 Å². The number of hydrogen-bond acceptors (Lipinski definition) is 2. The van der Waals surface area contributed by atoms with Gasteiger partial charge in [0.05, 0.1) is 17.7 Å². The highest BCUT2D eigenvalue weighted by Gasteiger charge is 2.12. The molecular weight excluding hydrogens is 347 g/mol. The van der Waals surface area contributed by atoms with Gasteiger partial charge in [0, 0.05) is 44.6 Å². The number of guanidine groups is 1. The summed E-state index contributed by atoms with van der Waals surface area (Å²) in [5.74, 6) is 0.695. The van der Waals surface area contributed by atoms with E-state index in [0.29, 0.717) is 29.1 Å². The summed E-state index contributed by atoms with van der Waals surface area (Å²) < 4.78 is 1.98. The first-order valence-corrected chi connectivity index (χ1v) is 8.32. The summed E-state index contributed by atoms with van der Waals surface area (Å²) in [5, 5.41) is 14.8. The van der Waals surface area contributed by atoms with E-state index in [1.54, 1.807) is 19.2 Å². The Morgan fingerprint density at radius 1 is 1.29 bits per heavy atom. The van der Waals surface area contributed by atoms with E-state index in [9.17, 15) is 5.11 Å². The van der Waals surface area contributed by atoms with E-state index in [0.717, 1.165) is 11.3 Å². The topological polar surface area (TPSA) is 52.8 Å². The summed E-state index contributed by atoms with van der Waals surface area (Å²) in [4.78, 5) is 6.23. The molecule has 0 radical (unpaired) electrons. The van der Waals surface area contributed by atoms with E-state index in [4.69, 9.17) is 23.2 Å². The van der Waals surface area contributed by atoms with Gasteiger partial charge in [-0.1, -0.05) is 35.3 Å². The average molecular weight is 369 g/mol. The standard InChI is InChI=1S/C17H22Cl2N4O/c1-20-17(23(3)11-15-8-14(19)10-22(15)2)21-9-16(24)12-4-6-13(18)7-5-12/h4-8,10,16,24H,9,11H2,1-3H3,(H,20,21). The molecule has 1 heterocycles. The second kappa shape index (κ2) is 8.42. The third kappa shape index (κ3) is 4.90. The Hall–Kier alpha value is -1.69. The third-order valence-electron chi connectivity index (χ3n) is 3.76. The second-order valence-corrected chi connectivity index (χ2v) is 6.48.